The summed E-state index contributed by atoms with van der Waals surface area (Å²) < 4.78 is 8.25. The van der Waals surface area contributed by atoms with Crippen molar-refractivity contribution in [2.24, 2.45) is 0 Å². The molecular formula is C91H135Br3N11O16SY-. The molecule has 1 radical (unpaired) electrons. The number of halogens is 3. The molecule has 1 saturated heterocycles. The molecule has 0 spiro atoms. The summed E-state index contributed by atoms with van der Waals surface area (Å²) in [5, 5.41) is 70.5. The number of amides is 3. The summed E-state index contributed by atoms with van der Waals surface area (Å²) in [6.45, 7) is 44.7. The first-order valence-corrected chi connectivity index (χ1v) is 44.3. The van der Waals surface area contributed by atoms with E-state index in [2.05, 4.69) is 256 Å². The Morgan fingerprint density at radius 3 is 1.61 bits per heavy atom. The first-order chi connectivity index (χ1) is 56.7. The fourth-order valence-electron chi connectivity index (χ4n) is 12.0. The van der Waals surface area contributed by atoms with Gasteiger partial charge < -0.3 is 67.6 Å². The molecule has 1 unspecified atom stereocenters. The van der Waals surface area contributed by atoms with Gasteiger partial charge in [-0.25, -0.2) is 9.59 Å². The molecule has 0 saturated carbocycles. The number of carboxylic acids is 6. The Morgan fingerprint density at radius 1 is 0.602 bits per heavy atom. The maximum Gasteiger partial charge on any atom is 0.326 e. The van der Waals surface area contributed by atoms with E-state index >= 15 is 0 Å². The first kappa shape index (κ1) is 114. The number of hydrogen-bond acceptors (Lipinski definition) is 19. The van der Waals surface area contributed by atoms with Gasteiger partial charge >= 0.3 is 41.8 Å². The third-order valence-corrected chi connectivity index (χ3v) is 21.5. The number of aliphatic carboxylic acids is 6. The quantitative estimate of drug-likeness (QED) is 0.00811. The number of nitrogens with zero attached hydrogens (tertiary/aromatic N) is 7. The normalized spacial score (nSPS) is 14.4. The van der Waals surface area contributed by atoms with Crippen LogP contribution in [0, 0.1) is 6.08 Å². The number of carbonyl (C=O) groups is 9. The van der Waals surface area contributed by atoms with Crippen molar-refractivity contribution >= 4 is 130 Å². The van der Waals surface area contributed by atoms with Gasteiger partial charge in [0.15, 0.2) is 6.23 Å². The molecule has 0 bridgehead atoms. The van der Waals surface area contributed by atoms with E-state index in [1.165, 1.54) is 20.3 Å². The zero-order chi connectivity index (χ0) is 92.4. The Kier molecular flexibility index (Phi) is 52.6. The third kappa shape index (κ3) is 51.3. The number of urea groups is 1. The van der Waals surface area contributed by atoms with Crippen LogP contribution >= 0.6 is 59.1 Å². The number of anilines is 1. The molecule has 6 aromatic rings. The number of nitrogens with one attached hydrogen (secondary N) is 4. The number of fused-ring (bicyclic) bond motifs is 1. The molecule has 1 fully saturated rings. The van der Waals surface area contributed by atoms with Gasteiger partial charge in [-0.15, -0.1) is 16.9 Å². The number of aromatic nitrogens is 2. The van der Waals surface area contributed by atoms with E-state index in [9.17, 15) is 63.6 Å². The molecule has 7 rings (SSSR count). The topological polar surface area (TPSA) is 374 Å². The van der Waals surface area contributed by atoms with Crippen molar-refractivity contribution in [1.82, 2.24) is 50.4 Å². The second-order valence-electron chi connectivity index (χ2n) is 35.5. The minimum absolute atomic E-state index is 0. The monoisotopic (exact) mass is 2000 g/mol. The van der Waals surface area contributed by atoms with Crippen LogP contribution in [0.2, 0.25) is 0 Å². The summed E-state index contributed by atoms with van der Waals surface area (Å²) in [7, 11) is 0. The summed E-state index contributed by atoms with van der Waals surface area (Å²) in [5.74, 6) is -6.64. The van der Waals surface area contributed by atoms with E-state index in [0.29, 0.717) is 44.2 Å². The Morgan fingerprint density at radius 2 is 1.14 bits per heavy atom. The van der Waals surface area contributed by atoms with Crippen molar-refractivity contribution in [2.45, 2.75) is 233 Å². The second kappa shape index (κ2) is 56.8. The number of pyridine rings is 2. The number of benzene rings is 3. The molecule has 3 atom stereocenters. The van der Waals surface area contributed by atoms with Crippen molar-refractivity contribution in [3.8, 4) is 0 Å². The molecule has 0 aliphatic carbocycles. The Balaban J connectivity index is 0.000000811. The smallest absolute Gasteiger partial charge is 0.326 e. The fourth-order valence-corrected chi connectivity index (χ4v) is 13.9. The predicted molar refractivity (Wildman–Crippen MR) is 495 cm³/mol. The van der Waals surface area contributed by atoms with Gasteiger partial charge in [0.1, 0.15) is 6.04 Å². The summed E-state index contributed by atoms with van der Waals surface area (Å²) in [6.07, 6.45) is 6.92. The van der Waals surface area contributed by atoms with Crippen molar-refractivity contribution in [3.05, 3.63) is 168 Å². The van der Waals surface area contributed by atoms with Crippen LogP contribution in [0.5, 0.6) is 0 Å². The number of unbranched alkanes of at least 4 members (excludes halogenated alkanes) is 2. The number of hydrogen-bond donors (Lipinski definition) is 10. The number of carbonyl (C=O) groups excluding carboxylic acids is 3. The Labute approximate surface area is 783 Å². The van der Waals surface area contributed by atoms with E-state index in [1.807, 2.05) is 75.5 Å². The first-order valence-electron chi connectivity index (χ1n) is 41.0. The van der Waals surface area contributed by atoms with Gasteiger partial charge in [0, 0.05) is 171 Å². The molecule has 27 nitrogen and oxygen atoms in total. The van der Waals surface area contributed by atoms with E-state index in [-0.39, 0.29) is 157 Å². The van der Waals surface area contributed by atoms with E-state index in [1.54, 1.807) is 35.8 Å². The standard InChI is InChI=1S/C27H43N5O8.C24H41N4O8.C13H15N.C10H13Br.C9H12BrN.C8H11BrS.Y/c1-27(2,3)28-21-6-4-20(5-7-21)14-22-15-31(18-25(37)38)11-10-29(16-23(33)34)8-9-30(17-24(35)36)12-13-32(22)19-26(39)40;1-5-24(3,4)25-15-9-7-12-20(30)28(6-2)16-10-8-11-19(36-17-29)27-23(35)26-18(22(33)34)13-14-21(31)32;1-13(2,3)12-9-8-10-6-4-5-7-11(10)14-12;1-10(2,3)8-4-6-9(11)7-5-8;1-9(2,3)8-5-4-7(10)6-11-8;1-8(2,3)6-4-7(9)10-5-6;/h4-7,22,28H,8-19H2,1-3H3,(H,33,34)(H,35,36)(H,37,38)(H,39,40);17-19,25H,1,6-16H2,2-4H3,(H,31,32)(H,33,34)(H2,26,27,35);4-9H,1-3H3;4-7H,1-3H3;4-6H,1-3H3;4-5H,1-3H3;/q;-1;;;;;/t;18-,19+;;;;;/m.1...../s1. The van der Waals surface area contributed by atoms with Gasteiger partial charge in [-0.05, 0) is 192 Å². The Bertz CT molecular complexity index is 4130. The van der Waals surface area contributed by atoms with Crippen molar-refractivity contribution < 1.29 is 111 Å². The minimum atomic E-state index is -1.40. The van der Waals surface area contributed by atoms with Gasteiger partial charge in [-0.3, -0.25) is 69.7 Å². The molecule has 3 aromatic heterocycles. The second-order valence-corrected chi connectivity index (χ2v) is 39.6. The predicted octanol–water partition coefficient (Wildman–Crippen LogP) is 16.2. The minimum Gasteiger partial charge on any atom is -0.484 e. The van der Waals surface area contributed by atoms with Gasteiger partial charge in [-0.2, -0.15) is 0 Å². The van der Waals surface area contributed by atoms with Crippen LogP contribution in [0.1, 0.15) is 204 Å². The number of carboxylic acid groups (broad SMARTS) is 6. The maximum absolute atomic E-state index is 12.5. The van der Waals surface area contributed by atoms with Crippen LogP contribution in [0.25, 0.3) is 10.9 Å². The Hall–Kier alpha value is -7.17. The zero-order valence-corrected chi connectivity index (χ0v) is 83.7. The number of para-hydroxylation sites is 1. The average Bonchev–Trinajstić information content (AvgIpc) is 1.15. The molecule has 1 aliphatic heterocycles. The zero-order valence-electron chi connectivity index (χ0n) is 75.3. The van der Waals surface area contributed by atoms with Crippen LogP contribution in [0.15, 0.2) is 134 Å². The summed E-state index contributed by atoms with van der Waals surface area (Å²) >= 11 is 12.0. The van der Waals surface area contributed by atoms with Crippen LogP contribution in [-0.4, -0.2) is 240 Å². The maximum atomic E-state index is 12.5. The fraction of sp³-hybridized carbons (Fsp3) is 0.549. The van der Waals surface area contributed by atoms with E-state index in [0.717, 1.165) is 56.5 Å². The number of rotatable bonds is 32. The van der Waals surface area contributed by atoms with Crippen molar-refractivity contribution in [3.63, 3.8) is 0 Å². The van der Waals surface area contributed by atoms with E-state index in [4.69, 9.17) is 14.9 Å². The molecule has 4 heterocycles. The molecule has 3 aromatic carbocycles. The molecule has 123 heavy (non-hydrogen) atoms. The van der Waals surface area contributed by atoms with E-state index < -0.39 is 66.6 Å². The van der Waals surface area contributed by atoms with Crippen LogP contribution in [0.4, 0.5) is 10.5 Å². The molecule has 681 valence electrons. The molecule has 3 amide bonds. The molecular weight excluding hydrogens is 1860 g/mol. The summed E-state index contributed by atoms with van der Waals surface area (Å²) in [5.41, 5.74) is 8.47. The molecule has 10 N–H and O–H groups in total. The SMILES string of the molecule is C=[C-]C(C)(C)NCCCCC(=O)N(CC)CCCC[C@@H](NC(=O)N[C@H](CCC(=O)O)C(=O)O)OC=O.CC(C)(C)Nc1ccc(CC2CN(CC(=O)O)CCN(CC(=O)O)CCN(CC(=O)O)CCN2CC(=O)O)cc1.CC(C)(C)c1ccc(Br)cc1.CC(C)(C)c1ccc(Br)cn1.CC(C)(C)c1ccc2ccccc2n1.CC(C)(C)c1csc(Br)c1.[Y]. The third-order valence-electron chi connectivity index (χ3n) is 19.0. The molecule has 1 aliphatic rings. The van der Waals surface area contributed by atoms with Crippen LogP contribution in [0.3, 0.4) is 0 Å². The van der Waals surface area contributed by atoms with Crippen molar-refractivity contribution in [2.75, 3.05) is 96.9 Å². The van der Waals surface area contributed by atoms with Crippen molar-refractivity contribution in [1.29, 1.82) is 0 Å². The summed E-state index contributed by atoms with van der Waals surface area (Å²) in [6, 6.07) is 32.3. The van der Waals surface area contributed by atoms with Crippen LogP contribution in [-0.2, 0) is 104 Å². The van der Waals surface area contributed by atoms with Gasteiger partial charge in [-0.1, -0.05) is 161 Å². The largest absolute Gasteiger partial charge is 0.484 e. The molecule has 32 heteroatoms. The average molecular weight is 2000 g/mol. The summed E-state index contributed by atoms with van der Waals surface area (Å²) in [4.78, 5) is 121. The van der Waals surface area contributed by atoms with Gasteiger partial charge in [0.05, 0.1) is 35.5 Å². The van der Waals surface area contributed by atoms with Crippen LogP contribution < -0.4 is 21.3 Å². The van der Waals surface area contributed by atoms with Gasteiger partial charge in [0.2, 0.25) is 5.91 Å². The van der Waals surface area contributed by atoms with Gasteiger partial charge in [0.25, 0.3) is 6.47 Å². The number of ether oxygens (including phenoxy) is 1. The number of thiophene rings is 1.